The van der Waals surface area contributed by atoms with Gasteiger partial charge in [0.1, 0.15) is 5.49 Å². The van der Waals surface area contributed by atoms with Crippen LogP contribution in [0.3, 0.4) is 0 Å². The molecule has 0 bridgehead atoms. The number of pyridine rings is 1. The topological polar surface area (TPSA) is 94.6 Å². The van der Waals surface area contributed by atoms with E-state index in [4.69, 9.17) is 0 Å². The average molecular weight is 293 g/mol. The van der Waals surface area contributed by atoms with E-state index in [1.54, 1.807) is 25.4 Å². The second kappa shape index (κ2) is 5.25. The third-order valence-electron chi connectivity index (χ3n) is 2.57. The molecule has 0 aliphatic heterocycles. The first-order chi connectivity index (χ1) is 9.40. The van der Waals surface area contributed by atoms with Gasteiger partial charge in [0.15, 0.2) is 0 Å². The highest BCUT2D eigenvalue weighted by atomic mass is 32.2. The first kappa shape index (κ1) is 13.9. The van der Waals surface area contributed by atoms with Crippen LogP contribution in [0.2, 0.25) is 0 Å². The molecule has 0 spiro atoms. The van der Waals surface area contributed by atoms with Crippen molar-refractivity contribution in [2.45, 2.75) is 4.90 Å². The molecule has 8 heteroatoms. The summed E-state index contributed by atoms with van der Waals surface area (Å²) in [5.41, 5.74) is -0.0577. The zero-order chi connectivity index (χ0) is 14.8. The molecule has 0 amide bonds. The van der Waals surface area contributed by atoms with Crippen LogP contribution >= 0.6 is 0 Å². The molecule has 1 heterocycles. The predicted molar refractivity (Wildman–Crippen MR) is 71.3 cm³/mol. The third-order valence-corrected chi connectivity index (χ3v) is 3.84. The van der Waals surface area contributed by atoms with Crippen molar-refractivity contribution < 1.29 is 13.3 Å². The number of nitro benzene ring substituents is 1. The van der Waals surface area contributed by atoms with Crippen LogP contribution in [0.15, 0.2) is 58.0 Å². The summed E-state index contributed by atoms with van der Waals surface area (Å²) >= 11 is 0. The van der Waals surface area contributed by atoms with E-state index < -0.39 is 14.9 Å². The maximum Gasteiger partial charge on any atom is 0.284 e. The molecule has 2 aromatic rings. The average Bonchev–Trinajstić information content (AvgIpc) is 2.41. The summed E-state index contributed by atoms with van der Waals surface area (Å²) in [7, 11) is -2.34. The molecule has 2 rings (SSSR count). The monoisotopic (exact) mass is 293 g/mol. The Bertz CT molecular complexity index is 824. The van der Waals surface area contributed by atoms with Crippen molar-refractivity contribution in [3.05, 3.63) is 64.3 Å². The minimum absolute atomic E-state index is 0.212. The largest absolute Gasteiger partial charge is 0.335 e. The lowest BCUT2D eigenvalue weighted by molar-refractivity contribution is -0.385. The number of non-ortho nitro benzene ring substituents is 1. The van der Waals surface area contributed by atoms with Crippen LogP contribution in [0.4, 0.5) is 5.69 Å². The molecule has 20 heavy (non-hydrogen) atoms. The van der Waals surface area contributed by atoms with Gasteiger partial charge in [-0.2, -0.15) is 8.42 Å². The van der Waals surface area contributed by atoms with E-state index in [9.17, 15) is 18.5 Å². The van der Waals surface area contributed by atoms with Crippen LogP contribution in [0.5, 0.6) is 0 Å². The minimum atomic E-state index is -3.99. The standard InChI is InChI=1S/C12H11N3O4S/c1-14-8-3-2-7-12(14)13-20(18,19)11-6-4-5-10(9-11)15(16)17/h2-9H,1H3/b13-12-. The lowest BCUT2D eigenvalue weighted by Gasteiger charge is -2.01. The molecule has 1 aromatic carbocycles. The Morgan fingerprint density at radius 2 is 1.95 bits per heavy atom. The van der Waals surface area contributed by atoms with Gasteiger partial charge in [0.2, 0.25) is 0 Å². The molecule has 0 aliphatic rings. The second-order valence-electron chi connectivity index (χ2n) is 3.99. The molecule has 0 unspecified atom stereocenters. The van der Waals surface area contributed by atoms with E-state index in [2.05, 4.69) is 4.40 Å². The van der Waals surface area contributed by atoms with Gasteiger partial charge >= 0.3 is 0 Å². The zero-order valence-electron chi connectivity index (χ0n) is 10.5. The summed E-state index contributed by atoms with van der Waals surface area (Å²) in [5, 5.41) is 10.7. The van der Waals surface area contributed by atoms with Crippen molar-refractivity contribution in [2.75, 3.05) is 0 Å². The van der Waals surface area contributed by atoms with Gasteiger partial charge in [-0.3, -0.25) is 10.1 Å². The Balaban J connectivity index is 2.57. The second-order valence-corrected chi connectivity index (χ2v) is 5.59. The Morgan fingerprint density at radius 3 is 2.60 bits per heavy atom. The van der Waals surface area contributed by atoms with Gasteiger partial charge in [0.05, 0.1) is 9.82 Å². The Kier molecular flexibility index (Phi) is 3.66. The van der Waals surface area contributed by atoms with E-state index in [1.165, 1.54) is 28.8 Å². The maximum absolute atomic E-state index is 12.1. The van der Waals surface area contributed by atoms with Crippen LogP contribution in [-0.4, -0.2) is 17.9 Å². The fraction of sp³-hybridized carbons (Fsp3) is 0.0833. The number of nitro groups is 1. The van der Waals surface area contributed by atoms with E-state index in [0.717, 1.165) is 6.07 Å². The van der Waals surface area contributed by atoms with Crippen molar-refractivity contribution in [2.24, 2.45) is 11.4 Å². The number of benzene rings is 1. The molecule has 0 saturated carbocycles. The molecule has 0 atom stereocenters. The van der Waals surface area contributed by atoms with Crippen LogP contribution in [0.25, 0.3) is 0 Å². The highest BCUT2D eigenvalue weighted by Gasteiger charge is 2.16. The summed E-state index contributed by atoms with van der Waals surface area (Å²) in [4.78, 5) is 9.80. The van der Waals surface area contributed by atoms with Gasteiger partial charge in [-0.15, -0.1) is 4.40 Å². The SMILES string of the molecule is Cn1cccc/c1=N/S(=O)(=O)c1cccc([N+](=O)[O-])c1. The lowest BCUT2D eigenvalue weighted by Crippen LogP contribution is -2.18. The smallest absolute Gasteiger partial charge is 0.284 e. The van der Waals surface area contributed by atoms with Crippen molar-refractivity contribution >= 4 is 15.7 Å². The van der Waals surface area contributed by atoms with E-state index in [0.29, 0.717) is 0 Å². The summed E-state index contributed by atoms with van der Waals surface area (Å²) in [5.74, 6) is 0. The highest BCUT2D eigenvalue weighted by Crippen LogP contribution is 2.18. The van der Waals surface area contributed by atoms with Gasteiger partial charge in [0, 0.05) is 25.4 Å². The molecule has 0 N–H and O–H groups in total. The third kappa shape index (κ3) is 2.91. The van der Waals surface area contributed by atoms with Gasteiger partial charge in [-0.25, -0.2) is 0 Å². The van der Waals surface area contributed by atoms with Crippen LogP contribution in [0.1, 0.15) is 0 Å². The number of nitrogens with zero attached hydrogens (tertiary/aromatic N) is 3. The van der Waals surface area contributed by atoms with E-state index in [1.807, 2.05) is 0 Å². The predicted octanol–water partition coefficient (Wildman–Crippen LogP) is 1.22. The van der Waals surface area contributed by atoms with Crippen molar-refractivity contribution in [1.29, 1.82) is 0 Å². The number of hydrogen-bond acceptors (Lipinski definition) is 4. The van der Waals surface area contributed by atoms with Gasteiger partial charge in [-0.1, -0.05) is 12.1 Å². The first-order valence-electron chi connectivity index (χ1n) is 5.57. The molecule has 7 nitrogen and oxygen atoms in total. The van der Waals surface area contributed by atoms with Crippen molar-refractivity contribution in [3.63, 3.8) is 0 Å². The number of rotatable bonds is 3. The Hall–Kier alpha value is -2.48. The molecule has 0 radical (unpaired) electrons. The van der Waals surface area contributed by atoms with Crippen molar-refractivity contribution in [3.8, 4) is 0 Å². The number of aromatic nitrogens is 1. The Morgan fingerprint density at radius 1 is 1.20 bits per heavy atom. The normalized spacial score (nSPS) is 12.3. The quantitative estimate of drug-likeness (QED) is 0.628. The number of hydrogen-bond donors (Lipinski definition) is 0. The van der Waals surface area contributed by atoms with Gasteiger partial charge in [0.25, 0.3) is 15.7 Å². The molecular weight excluding hydrogens is 282 g/mol. The van der Waals surface area contributed by atoms with E-state index in [-0.39, 0.29) is 16.1 Å². The maximum atomic E-state index is 12.1. The molecule has 0 fully saturated rings. The fourth-order valence-electron chi connectivity index (χ4n) is 1.54. The Labute approximate surface area is 115 Å². The number of sulfonamides is 1. The molecule has 104 valence electrons. The molecule has 0 aliphatic carbocycles. The van der Waals surface area contributed by atoms with Crippen LogP contribution in [0, 0.1) is 10.1 Å². The highest BCUT2D eigenvalue weighted by molar-refractivity contribution is 7.90. The van der Waals surface area contributed by atoms with E-state index >= 15 is 0 Å². The molecular formula is C12H11N3O4S. The summed E-state index contributed by atoms with van der Waals surface area (Å²) in [6.07, 6.45) is 1.65. The first-order valence-corrected chi connectivity index (χ1v) is 7.01. The van der Waals surface area contributed by atoms with Crippen LogP contribution in [-0.2, 0) is 17.1 Å². The summed E-state index contributed by atoms with van der Waals surface area (Å²) in [6.45, 7) is 0. The lowest BCUT2D eigenvalue weighted by atomic mass is 10.3. The molecule has 1 aromatic heterocycles. The van der Waals surface area contributed by atoms with Crippen molar-refractivity contribution in [1.82, 2.24) is 4.57 Å². The number of aryl methyl sites for hydroxylation is 1. The zero-order valence-corrected chi connectivity index (χ0v) is 11.3. The van der Waals surface area contributed by atoms with Crippen LogP contribution < -0.4 is 5.49 Å². The summed E-state index contributed by atoms with van der Waals surface area (Å²) in [6, 6.07) is 9.72. The summed E-state index contributed by atoms with van der Waals surface area (Å²) < 4.78 is 29.5. The fourth-order valence-corrected chi connectivity index (χ4v) is 2.60. The van der Waals surface area contributed by atoms with Gasteiger partial charge in [-0.05, 0) is 18.2 Å². The minimum Gasteiger partial charge on any atom is -0.335 e. The molecule has 0 saturated heterocycles. The van der Waals surface area contributed by atoms with Gasteiger partial charge < -0.3 is 4.57 Å².